The molecule has 108 valence electrons. The Labute approximate surface area is 124 Å². The molecule has 1 aliphatic carbocycles. The molecule has 0 N–H and O–H groups in total. The smallest absolute Gasteiger partial charge is 0.316 e. The third kappa shape index (κ3) is 2.77. The van der Waals surface area contributed by atoms with Crippen molar-refractivity contribution in [1.82, 2.24) is 0 Å². The van der Waals surface area contributed by atoms with Crippen LogP contribution in [0.2, 0.25) is 0 Å². The first-order valence-electron chi connectivity index (χ1n) is 7.10. The lowest BCUT2D eigenvalue weighted by Crippen LogP contribution is -2.21. The zero-order chi connectivity index (χ0) is 14.7. The van der Waals surface area contributed by atoms with E-state index in [9.17, 15) is 4.79 Å². The second-order valence-electron chi connectivity index (χ2n) is 5.37. The first-order valence-corrected chi connectivity index (χ1v) is 7.10. The summed E-state index contributed by atoms with van der Waals surface area (Å²) in [4.78, 5) is 11.8. The van der Waals surface area contributed by atoms with Crippen LogP contribution in [0.4, 0.5) is 0 Å². The number of esters is 1. The summed E-state index contributed by atoms with van der Waals surface area (Å²) in [5, 5.41) is 0. The molecule has 3 nitrogen and oxygen atoms in total. The lowest BCUT2D eigenvalue weighted by molar-refractivity contribution is -0.143. The monoisotopic (exact) mass is 282 g/mol. The fraction of sp³-hybridized carbons (Fsp3) is 0.278. The van der Waals surface area contributed by atoms with Crippen molar-refractivity contribution in [3.05, 3.63) is 65.7 Å². The third-order valence-corrected chi connectivity index (χ3v) is 3.98. The molecular weight excluding hydrogens is 264 g/mol. The van der Waals surface area contributed by atoms with Crippen LogP contribution >= 0.6 is 0 Å². The Hall–Kier alpha value is -2.29. The predicted molar refractivity (Wildman–Crippen MR) is 80.1 cm³/mol. The molecule has 0 unspecified atom stereocenters. The van der Waals surface area contributed by atoms with Crippen LogP contribution in [-0.2, 0) is 21.6 Å². The van der Waals surface area contributed by atoms with E-state index in [1.807, 2.05) is 54.6 Å². The van der Waals surface area contributed by atoms with Gasteiger partial charge in [0.1, 0.15) is 12.4 Å². The van der Waals surface area contributed by atoms with E-state index in [4.69, 9.17) is 9.47 Å². The summed E-state index contributed by atoms with van der Waals surface area (Å²) >= 11 is 0. The molecule has 3 rings (SSSR count). The molecule has 3 heteroatoms. The Morgan fingerprint density at radius 3 is 2.29 bits per heavy atom. The fourth-order valence-electron chi connectivity index (χ4n) is 2.54. The van der Waals surface area contributed by atoms with Gasteiger partial charge in [0, 0.05) is 0 Å². The average Bonchev–Trinajstić information content (AvgIpc) is 3.35. The van der Waals surface area contributed by atoms with Crippen molar-refractivity contribution in [1.29, 1.82) is 0 Å². The molecule has 0 bridgehead atoms. The van der Waals surface area contributed by atoms with E-state index in [1.165, 1.54) is 7.11 Å². The van der Waals surface area contributed by atoms with E-state index in [0.29, 0.717) is 6.61 Å². The van der Waals surface area contributed by atoms with Gasteiger partial charge in [0.15, 0.2) is 0 Å². The highest BCUT2D eigenvalue weighted by atomic mass is 16.5. The zero-order valence-corrected chi connectivity index (χ0v) is 12.0. The molecule has 0 heterocycles. The van der Waals surface area contributed by atoms with Crippen LogP contribution in [0.3, 0.4) is 0 Å². The molecule has 0 atom stereocenters. The highest BCUT2D eigenvalue weighted by Crippen LogP contribution is 2.49. The number of carbonyl (C=O) groups excluding carboxylic acids is 1. The molecule has 21 heavy (non-hydrogen) atoms. The van der Waals surface area contributed by atoms with Crippen LogP contribution in [0.15, 0.2) is 54.6 Å². The van der Waals surface area contributed by atoms with Crippen molar-refractivity contribution >= 4 is 5.97 Å². The van der Waals surface area contributed by atoms with Gasteiger partial charge in [-0.25, -0.2) is 0 Å². The summed E-state index contributed by atoms with van der Waals surface area (Å²) < 4.78 is 10.6. The first kappa shape index (κ1) is 13.7. The first-order chi connectivity index (χ1) is 10.2. The predicted octanol–water partition coefficient (Wildman–Crippen LogP) is 3.47. The Kier molecular flexibility index (Phi) is 3.65. The lowest BCUT2D eigenvalue weighted by Gasteiger charge is -2.13. The Bertz CT molecular complexity index is 613. The summed E-state index contributed by atoms with van der Waals surface area (Å²) in [5.41, 5.74) is 1.74. The number of methoxy groups -OCH3 is 1. The Morgan fingerprint density at radius 1 is 1.05 bits per heavy atom. The SMILES string of the molecule is COC(=O)C1(c2ccc(OCc3ccccc3)cc2)CC1. The molecule has 0 spiro atoms. The highest BCUT2D eigenvalue weighted by molar-refractivity contribution is 5.86. The number of rotatable bonds is 5. The summed E-state index contributed by atoms with van der Waals surface area (Å²) in [5.74, 6) is 0.670. The van der Waals surface area contributed by atoms with Crippen LogP contribution in [0.5, 0.6) is 5.75 Å². The molecule has 1 fully saturated rings. The van der Waals surface area contributed by atoms with Crippen LogP contribution in [0.1, 0.15) is 24.0 Å². The minimum Gasteiger partial charge on any atom is -0.489 e. The highest BCUT2D eigenvalue weighted by Gasteiger charge is 2.52. The standard InChI is InChI=1S/C18H18O3/c1-20-17(19)18(11-12-18)15-7-9-16(10-8-15)21-13-14-5-3-2-4-6-14/h2-10H,11-13H2,1H3. The van der Waals surface area contributed by atoms with Crippen LogP contribution in [0, 0.1) is 0 Å². The van der Waals surface area contributed by atoms with Crippen LogP contribution in [0.25, 0.3) is 0 Å². The molecule has 0 aliphatic heterocycles. The summed E-state index contributed by atoms with van der Waals surface area (Å²) in [7, 11) is 1.44. The second kappa shape index (κ2) is 5.60. The molecule has 0 amide bonds. The van der Waals surface area contributed by atoms with Crippen molar-refractivity contribution in [2.45, 2.75) is 24.9 Å². The largest absolute Gasteiger partial charge is 0.489 e. The van der Waals surface area contributed by atoms with Gasteiger partial charge in [-0.05, 0) is 36.1 Å². The number of benzene rings is 2. The Balaban J connectivity index is 1.66. The molecule has 1 saturated carbocycles. The van der Waals surface area contributed by atoms with Gasteiger partial charge >= 0.3 is 5.97 Å². The van der Waals surface area contributed by atoms with Gasteiger partial charge in [0.05, 0.1) is 12.5 Å². The number of ether oxygens (including phenoxy) is 2. The van der Waals surface area contributed by atoms with Crippen molar-refractivity contribution in [2.24, 2.45) is 0 Å². The summed E-state index contributed by atoms with van der Waals surface area (Å²) in [6.07, 6.45) is 1.73. The number of carbonyl (C=O) groups is 1. The van der Waals surface area contributed by atoms with E-state index < -0.39 is 5.41 Å². The third-order valence-electron chi connectivity index (χ3n) is 3.98. The van der Waals surface area contributed by atoms with Gasteiger partial charge < -0.3 is 9.47 Å². The van der Waals surface area contributed by atoms with E-state index in [0.717, 1.165) is 29.7 Å². The van der Waals surface area contributed by atoms with Gasteiger partial charge in [-0.2, -0.15) is 0 Å². The van der Waals surface area contributed by atoms with E-state index in [-0.39, 0.29) is 5.97 Å². The summed E-state index contributed by atoms with van der Waals surface area (Å²) in [6, 6.07) is 17.8. The molecular formula is C18H18O3. The van der Waals surface area contributed by atoms with Gasteiger partial charge in [-0.3, -0.25) is 4.79 Å². The lowest BCUT2D eigenvalue weighted by atomic mass is 9.96. The quantitative estimate of drug-likeness (QED) is 0.788. The molecule has 0 saturated heterocycles. The van der Waals surface area contributed by atoms with Crippen molar-refractivity contribution < 1.29 is 14.3 Å². The maximum Gasteiger partial charge on any atom is 0.316 e. The zero-order valence-electron chi connectivity index (χ0n) is 12.0. The fourth-order valence-corrected chi connectivity index (χ4v) is 2.54. The molecule has 0 radical (unpaired) electrons. The molecule has 0 aromatic heterocycles. The van der Waals surface area contributed by atoms with Gasteiger partial charge in [0.2, 0.25) is 0 Å². The van der Waals surface area contributed by atoms with Gasteiger partial charge in [-0.1, -0.05) is 42.5 Å². The molecule has 1 aliphatic rings. The van der Waals surface area contributed by atoms with Crippen LogP contribution < -0.4 is 4.74 Å². The van der Waals surface area contributed by atoms with Crippen molar-refractivity contribution in [3.63, 3.8) is 0 Å². The second-order valence-corrected chi connectivity index (χ2v) is 5.37. The molecule has 2 aromatic rings. The van der Waals surface area contributed by atoms with E-state index >= 15 is 0 Å². The minimum absolute atomic E-state index is 0.138. The van der Waals surface area contributed by atoms with E-state index in [2.05, 4.69) is 0 Å². The summed E-state index contributed by atoms with van der Waals surface area (Å²) in [6.45, 7) is 0.544. The van der Waals surface area contributed by atoms with Crippen molar-refractivity contribution in [3.8, 4) is 5.75 Å². The maximum atomic E-state index is 11.8. The molecule has 2 aromatic carbocycles. The maximum absolute atomic E-state index is 11.8. The average molecular weight is 282 g/mol. The van der Waals surface area contributed by atoms with Crippen LogP contribution in [-0.4, -0.2) is 13.1 Å². The van der Waals surface area contributed by atoms with Crippen molar-refractivity contribution in [2.75, 3.05) is 7.11 Å². The number of hydrogen-bond acceptors (Lipinski definition) is 3. The normalized spacial score (nSPS) is 15.3. The Morgan fingerprint density at radius 2 is 1.71 bits per heavy atom. The number of hydrogen-bond donors (Lipinski definition) is 0. The van der Waals surface area contributed by atoms with Gasteiger partial charge in [-0.15, -0.1) is 0 Å². The topological polar surface area (TPSA) is 35.5 Å². The van der Waals surface area contributed by atoms with Gasteiger partial charge in [0.25, 0.3) is 0 Å². The van der Waals surface area contributed by atoms with E-state index in [1.54, 1.807) is 0 Å². The minimum atomic E-state index is -0.410.